The molecule has 102 valence electrons. The minimum absolute atomic E-state index is 0.00836. The number of nitrogens with zero attached hydrogens (tertiary/aromatic N) is 3. The summed E-state index contributed by atoms with van der Waals surface area (Å²) >= 11 is 0. The Labute approximate surface area is 110 Å². The average Bonchev–Trinajstić information content (AvgIpc) is 2.46. The van der Waals surface area contributed by atoms with Gasteiger partial charge >= 0.3 is 5.97 Å². The fourth-order valence-corrected chi connectivity index (χ4v) is 1.80. The summed E-state index contributed by atoms with van der Waals surface area (Å²) in [7, 11) is 0. The smallest absolute Gasteiger partial charge is 0.309 e. The highest BCUT2D eigenvalue weighted by molar-refractivity contribution is 5.93. The summed E-state index contributed by atoms with van der Waals surface area (Å²) in [5.74, 6) is -0.941. The van der Waals surface area contributed by atoms with Crippen LogP contribution >= 0.6 is 0 Å². The number of aryl methyl sites for hydroxylation is 1. The van der Waals surface area contributed by atoms with Gasteiger partial charge in [-0.15, -0.1) is 0 Å². The van der Waals surface area contributed by atoms with E-state index in [2.05, 4.69) is 5.10 Å². The van der Waals surface area contributed by atoms with Crippen LogP contribution in [-0.4, -0.2) is 53.3 Å². The highest BCUT2D eigenvalue weighted by atomic mass is 16.5. The van der Waals surface area contributed by atoms with Crippen molar-refractivity contribution in [2.75, 3.05) is 26.3 Å². The second kappa shape index (κ2) is 6.24. The first-order valence-corrected chi connectivity index (χ1v) is 6.11. The van der Waals surface area contributed by atoms with Crippen molar-refractivity contribution in [1.29, 1.82) is 0 Å². The number of carbonyl (C=O) groups excluding carboxylic acids is 1. The first kappa shape index (κ1) is 13.4. The van der Waals surface area contributed by atoms with Crippen molar-refractivity contribution in [1.82, 2.24) is 10.00 Å². The minimum Gasteiger partial charge on any atom is -0.481 e. The Kier molecular flexibility index (Phi) is 4.40. The molecule has 0 spiro atoms. The van der Waals surface area contributed by atoms with Gasteiger partial charge in [-0.25, -0.2) is 0 Å². The van der Waals surface area contributed by atoms with Crippen molar-refractivity contribution in [2.24, 2.45) is 0 Å². The number of morpholine rings is 1. The Hall–Kier alpha value is -2.02. The van der Waals surface area contributed by atoms with E-state index in [0.29, 0.717) is 38.4 Å². The SMILES string of the molecule is O=C(O)CC[n+]1ccc(C(=O)N2CCOCC2)cn1. The number of hydrogen-bond acceptors (Lipinski definition) is 4. The van der Waals surface area contributed by atoms with Crippen LogP contribution in [0.1, 0.15) is 16.8 Å². The lowest BCUT2D eigenvalue weighted by molar-refractivity contribution is -0.753. The van der Waals surface area contributed by atoms with E-state index < -0.39 is 5.97 Å². The van der Waals surface area contributed by atoms with Crippen molar-refractivity contribution >= 4 is 11.9 Å². The van der Waals surface area contributed by atoms with Crippen molar-refractivity contribution < 1.29 is 24.1 Å². The normalized spacial score (nSPS) is 15.3. The number of ether oxygens (including phenoxy) is 1. The number of hydrogen-bond donors (Lipinski definition) is 1. The molecule has 2 heterocycles. The van der Waals surface area contributed by atoms with Gasteiger partial charge in [-0.05, 0) is 5.10 Å². The average molecular weight is 266 g/mol. The molecule has 0 aromatic carbocycles. The van der Waals surface area contributed by atoms with Crippen LogP contribution in [0, 0.1) is 0 Å². The number of aliphatic carboxylic acids is 1. The molecule has 0 radical (unpaired) electrons. The summed E-state index contributed by atoms with van der Waals surface area (Å²) in [6, 6.07) is 1.66. The number of rotatable bonds is 4. The molecule has 0 atom stereocenters. The lowest BCUT2D eigenvalue weighted by atomic mass is 10.2. The van der Waals surface area contributed by atoms with E-state index in [1.165, 1.54) is 10.9 Å². The lowest BCUT2D eigenvalue weighted by Gasteiger charge is -2.26. The maximum absolute atomic E-state index is 12.1. The van der Waals surface area contributed by atoms with E-state index in [1.807, 2.05) is 0 Å². The van der Waals surface area contributed by atoms with Gasteiger partial charge in [-0.1, -0.05) is 4.68 Å². The topological polar surface area (TPSA) is 83.6 Å². The second-order valence-electron chi connectivity index (χ2n) is 4.23. The van der Waals surface area contributed by atoms with Gasteiger partial charge in [0.25, 0.3) is 5.91 Å². The zero-order chi connectivity index (χ0) is 13.7. The molecule has 1 N–H and O–H groups in total. The van der Waals surface area contributed by atoms with E-state index in [0.717, 1.165) is 0 Å². The minimum atomic E-state index is -0.872. The number of carbonyl (C=O) groups is 2. The Balaban J connectivity index is 1.97. The van der Waals surface area contributed by atoms with Gasteiger partial charge in [0.05, 0.1) is 18.8 Å². The number of carboxylic acid groups (broad SMARTS) is 1. The predicted octanol–water partition coefficient (Wildman–Crippen LogP) is -0.684. The van der Waals surface area contributed by atoms with Crippen LogP contribution in [0.2, 0.25) is 0 Å². The fraction of sp³-hybridized carbons (Fsp3) is 0.500. The molecule has 7 nitrogen and oxygen atoms in total. The Morgan fingerprint density at radius 3 is 2.74 bits per heavy atom. The highest BCUT2D eigenvalue weighted by Crippen LogP contribution is 2.04. The molecule has 0 bridgehead atoms. The number of aromatic nitrogens is 2. The van der Waals surface area contributed by atoms with Gasteiger partial charge in [0, 0.05) is 19.2 Å². The fourth-order valence-electron chi connectivity index (χ4n) is 1.80. The maximum Gasteiger partial charge on any atom is 0.309 e. The summed E-state index contributed by atoms with van der Waals surface area (Å²) in [4.78, 5) is 24.3. The van der Waals surface area contributed by atoms with E-state index in [9.17, 15) is 9.59 Å². The first-order chi connectivity index (χ1) is 9.16. The molecule has 1 aromatic heterocycles. The zero-order valence-electron chi connectivity index (χ0n) is 10.5. The van der Waals surface area contributed by atoms with Gasteiger partial charge in [-0.2, -0.15) is 0 Å². The summed E-state index contributed by atoms with van der Waals surface area (Å²) < 4.78 is 6.69. The van der Waals surface area contributed by atoms with Gasteiger partial charge in [-0.3, -0.25) is 9.59 Å². The largest absolute Gasteiger partial charge is 0.481 e. The predicted molar refractivity (Wildman–Crippen MR) is 63.4 cm³/mol. The molecular weight excluding hydrogens is 250 g/mol. The van der Waals surface area contributed by atoms with Gasteiger partial charge in [0.2, 0.25) is 0 Å². The van der Waals surface area contributed by atoms with Crippen LogP contribution in [-0.2, 0) is 16.1 Å². The van der Waals surface area contributed by atoms with Crippen molar-refractivity contribution in [3.63, 3.8) is 0 Å². The molecular formula is C12H16N3O4+. The van der Waals surface area contributed by atoms with Gasteiger partial charge < -0.3 is 14.7 Å². The Morgan fingerprint density at radius 2 is 2.16 bits per heavy atom. The third-order valence-corrected chi connectivity index (χ3v) is 2.87. The Morgan fingerprint density at radius 1 is 1.42 bits per heavy atom. The maximum atomic E-state index is 12.1. The standard InChI is InChI=1S/C12H15N3O4/c16-11(17)2-4-15-3-1-10(9-13-15)12(18)14-5-7-19-8-6-14/h1,3,9H,2,4-8H2/p+1. The molecule has 0 aliphatic carbocycles. The quantitative estimate of drug-likeness (QED) is 0.730. The van der Waals surface area contributed by atoms with Gasteiger partial charge in [0.15, 0.2) is 12.7 Å². The number of amides is 1. The van der Waals surface area contributed by atoms with Crippen LogP contribution in [0.15, 0.2) is 18.5 Å². The third-order valence-electron chi connectivity index (χ3n) is 2.87. The molecule has 7 heteroatoms. The first-order valence-electron chi connectivity index (χ1n) is 6.11. The van der Waals surface area contributed by atoms with E-state index in [-0.39, 0.29) is 12.3 Å². The Bertz CT molecular complexity index is 455. The summed E-state index contributed by atoms with van der Waals surface area (Å²) in [6.07, 6.45) is 3.10. The number of carboxylic acids is 1. The molecule has 2 rings (SSSR count). The monoisotopic (exact) mass is 266 g/mol. The van der Waals surface area contributed by atoms with Gasteiger partial charge in [0.1, 0.15) is 12.6 Å². The summed E-state index contributed by atoms with van der Waals surface area (Å²) in [6.45, 7) is 2.59. The van der Waals surface area contributed by atoms with E-state index in [4.69, 9.17) is 9.84 Å². The molecule has 0 saturated carbocycles. The van der Waals surface area contributed by atoms with E-state index >= 15 is 0 Å². The highest BCUT2D eigenvalue weighted by Gasteiger charge is 2.19. The van der Waals surface area contributed by atoms with E-state index in [1.54, 1.807) is 17.2 Å². The van der Waals surface area contributed by atoms with Crippen LogP contribution in [0.4, 0.5) is 0 Å². The lowest BCUT2D eigenvalue weighted by Crippen LogP contribution is -2.42. The van der Waals surface area contributed by atoms with Crippen LogP contribution in [0.5, 0.6) is 0 Å². The zero-order valence-corrected chi connectivity index (χ0v) is 10.5. The second-order valence-corrected chi connectivity index (χ2v) is 4.23. The molecule has 1 fully saturated rings. The molecule has 1 aliphatic heterocycles. The molecule has 1 aliphatic rings. The van der Waals surface area contributed by atoms with Crippen LogP contribution < -0.4 is 4.68 Å². The molecule has 1 aromatic rings. The van der Waals surface area contributed by atoms with Crippen molar-refractivity contribution in [3.8, 4) is 0 Å². The van der Waals surface area contributed by atoms with Crippen LogP contribution in [0.3, 0.4) is 0 Å². The van der Waals surface area contributed by atoms with Crippen LogP contribution in [0.25, 0.3) is 0 Å². The van der Waals surface area contributed by atoms with Crippen molar-refractivity contribution in [3.05, 3.63) is 24.0 Å². The molecule has 1 saturated heterocycles. The molecule has 0 unspecified atom stereocenters. The summed E-state index contributed by atoms with van der Waals surface area (Å²) in [5, 5.41) is 12.6. The molecule has 1 amide bonds. The molecule has 19 heavy (non-hydrogen) atoms. The van der Waals surface area contributed by atoms with Crippen molar-refractivity contribution in [2.45, 2.75) is 13.0 Å². The third kappa shape index (κ3) is 3.72. The summed E-state index contributed by atoms with van der Waals surface area (Å²) in [5.41, 5.74) is 0.508.